The van der Waals surface area contributed by atoms with Gasteiger partial charge in [0.05, 0.1) is 21.7 Å². The van der Waals surface area contributed by atoms with Crippen LogP contribution in [0.2, 0.25) is 5.02 Å². The van der Waals surface area contributed by atoms with Gasteiger partial charge in [-0.05, 0) is 42.8 Å². The van der Waals surface area contributed by atoms with E-state index < -0.39 is 0 Å². The Bertz CT molecular complexity index is 821. The highest BCUT2D eigenvalue weighted by Crippen LogP contribution is 2.30. The van der Waals surface area contributed by atoms with Crippen LogP contribution in [0.4, 0.5) is 5.69 Å². The topological polar surface area (TPSA) is 55.9 Å². The minimum absolute atomic E-state index is 0.663. The number of fused-ring (bicyclic) bond motifs is 1. The highest BCUT2D eigenvalue weighted by Gasteiger charge is 2.13. The van der Waals surface area contributed by atoms with E-state index in [1.165, 1.54) is 5.56 Å². The largest absolute Gasteiger partial charge is 0.387 e. The van der Waals surface area contributed by atoms with Gasteiger partial charge in [0.25, 0.3) is 0 Å². The molecule has 0 bridgehead atoms. The van der Waals surface area contributed by atoms with Crippen molar-refractivity contribution in [2.24, 2.45) is 5.73 Å². The van der Waals surface area contributed by atoms with Crippen LogP contribution in [0.15, 0.2) is 36.4 Å². The molecule has 0 aliphatic heterocycles. The van der Waals surface area contributed by atoms with Gasteiger partial charge in [0.1, 0.15) is 5.82 Å². The minimum atomic E-state index is 0.663. The lowest BCUT2D eigenvalue weighted by molar-refractivity contribution is 0.905. The van der Waals surface area contributed by atoms with Crippen LogP contribution in [0, 0.1) is 0 Å². The number of nitrogens with one attached hydrogen (secondary N) is 1. The predicted molar refractivity (Wildman–Crippen MR) is 97.8 cm³/mol. The van der Waals surface area contributed by atoms with Crippen LogP contribution < -0.4 is 11.1 Å². The molecule has 0 atom stereocenters. The Hall–Kier alpha value is -2.04. The molecule has 0 saturated carbocycles. The third-order valence-corrected chi connectivity index (χ3v) is 4.34. The molecular formula is C18H21ClN4. The van der Waals surface area contributed by atoms with Gasteiger partial charge in [-0.25, -0.2) is 4.98 Å². The number of rotatable bonds is 5. The van der Waals surface area contributed by atoms with Gasteiger partial charge < -0.3 is 11.1 Å². The van der Waals surface area contributed by atoms with E-state index in [4.69, 9.17) is 22.3 Å². The first-order valence-corrected chi connectivity index (χ1v) is 8.23. The van der Waals surface area contributed by atoms with E-state index in [1.807, 2.05) is 19.2 Å². The highest BCUT2D eigenvalue weighted by atomic mass is 35.5. The number of aryl methyl sites for hydroxylation is 1. The number of nitrogens with zero attached hydrogens (tertiary/aromatic N) is 2. The number of imidazole rings is 1. The normalized spacial score (nSPS) is 11.1. The molecule has 3 rings (SSSR count). The van der Waals surface area contributed by atoms with Crippen LogP contribution in [0.1, 0.15) is 18.3 Å². The summed E-state index contributed by atoms with van der Waals surface area (Å²) < 4.78 is 2.17. The first kappa shape index (κ1) is 15.8. The smallest absolute Gasteiger partial charge is 0.114 e. The number of aromatic nitrogens is 2. The third-order valence-electron chi connectivity index (χ3n) is 4.03. The lowest BCUT2D eigenvalue weighted by atomic mass is 10.1. The van der Waals surface area contributed by atoms with Gasteiger partial charge in [-0.2, -0.15) is 0 Å². The Morgan fingerprint density at radius 3 is 2.57 bits per heavy atom. The SMILES string of the molecule is CCc1nc2cc(NC)c(Cl)cc2n1-c1ccc(CCN)cc1. The molecule has 0 radical (unpaired) electrons. The van der Waals surface area contributed by atoms with Crippen LogP contribution >= 0.6 is 11.6 Å². The quantitative estimate of drug-likeness (QED) is 0.749. The summed E-state index contributed by atoms with van der Waals surface area (Å²) in [5.41, 5.74) is 10.8. The molecule has 120 valence electrons. The van der Waals surface area contributed by atoms with Crippen LogP contribution in [0.3, 0.4) is 0 Å². The second kappa shape index (κ2) is 6.60. The summed E-state index contributed by atoms with van der Waals surface area (Å²) in [6.45, 7) is 2.77. The van der Waals surface area contributed by atoms with Crippen LogP contribution in [0.5, 0.6) is 0 Å². The summed E-state index contributed by atoms with van der Waals surface area (Å²) >= 11 is 6.36. The van der Waals surface area contributed by atoms with Gasteiger partial charge in [0.2, 0.25) is 0 Å². The fraction of sp³-hybridized carbons (Fsp3) is 0.278. The monoisotopic (exact) mass is 328 g/mol. The standard InChI is InChI=1S/C18H21ClN4/c1-3-18-22-16-11-15(21-2)14(19)10-17(16)23(18)13-6-4-12(5-7-13)8-9-20/h4-7,10-11,21H,3,8-9,20H2,1-2H3. The van der Waals surface area contributed by atoms with E-state index in [1.54, 1.807) is 0 Å². The zero-order chi connectivity index (χ0) is 16.4. The Balaban J connectivity index is 2.16. The van der Waals surface area contributed by atoms with E-state index in [2.05, 4.69) is 41.1 Å². The molecule has 0 aliphatic rings. The molecule has 2 aromatic carbocycles. The van der Waals surface area contributed by atoms with Gasteiger partial charge in [0, 0.05) is 19.2 Å². The highest BCUT2D eigenvalue weighted by molar-refractivity contribution is 6.34. The van der Waals surface area contributed by atoms with E-state index in [0.717, 1.165) is 41.1 Å². The summed E-state index contributed by atoms with van der Waals surface area (Å²) in [7, 11) is 1.86. The minimum Gasteiger partial charge on any atom is -0.387 e. The number of benzene rings is 2. The van der Waals surface area contributed by atoms with Crippen LogP contribution in [-0.4, -0.2) is 23.1 Å². The molecule has 0 amide bonds. The first-order valence-electron chi connectivity index (χ1n) is 7.86. The average Bonchev–Trinajstić information content (AvgIpc) is 2.92. The number of hydrogen-bond acceptors (Lipinski definition) is 3. The van der Waals surface area contributed by atoms with Gasteiger partial charge in [-0.3, -0.25) is 4.57 Å². The van der Waals surface area contributed by atoms with Gasteiger partial charge >= 0.3 is 0 Å². The predicted octanol–water partition coefficient (Wildman–Crippen LogP) is 3.78. The maximum absolute atomic E-state index is 6.36. The molecule has 3 N–H and O–H groups in total. The van der Waals surface area contributed by atoms with Crippen molar-refractivity contribution in [2.45, 2.75) is 19.8 Å². The van der Waals surface area contributed by atoms with Gasteiger partial charge in [-0.1, -0.05) is 30.7 Å². The number of halogens is 1. The lowest BCUT2D eigenvalue weighted by Crippen LogP contribution is -2.04. The first-order chi connectivity index (χ1) is 11.2. The van der Waals surface area contributed by atoms with Crippen molar-refractivity contribution >= 4 is 28.3 Å². The molecule has 4 nitrogen and oxygen atoms in total. The molecule has 3 aromatic rings. The van der Waals surface area contributed by atoms with Crippen molar-refractivity contribution in [2.75, 3.05) is 18.9 Å². The van der Waals surface area contributed by atoms with E-state index in [0.29, 0.717) is 11.6 Å². The second-order valence-electron chi connectivity index (χ2n) is 5.49. The Morgan fingerprint density at radius 1 is 1.22 bits per heavy atom. The summed E-state index contributed by atoms with van der Waals surface area (Å²) in [6.07, 6.45) is 1.74. The van der Waals surface area contributed by atoms with Crippen molar-refractivity contribution < 1.29 is 0 Å². The van der Waals surface area contributed by atoms with Crippen molar-refractivity contribution in [1.82, 2.24) is 9.55 Å². The maximum atomic E-state index is 6.36. The van der Waals surface area contributed by atoms with Crippen molar-refractivity contribution in [3.63, 3.8) is 0 Å². The van der Waals surface area contributed by atoms with Crippen molar-refractivity contribution in [1.29, 1.82) is 0 Å². The molecule has 1 heterocycles. The summed E-state index contributed by atoms with van der Waals surface area (Å²) in [4.78, 5) is 4.76. The average molecular weight is 329 g/mol. The zero-order valence-corrected chi connectivity index (χ0v) is 14.2. The van der Waals surface area contributed by atoms with Gasteiger partial charge in [-0.15, -0.1) is 0 Å². The number of hydrogen-bond donors (Lipinski definition) is 2. The zero-order valence-electron chi connectivity index (χ0n) is 13.4. The van der Waals surface area contributed by atoms with Crippen molar-refractivity contribution in [3.05, 3.63) is 52.8 Å². The Labute approximate surface area is 141 Å². The Morgan fingerprint density at radius 2 is 1.96 bits per heavy atom. The van der Waals surface area contributed by atoms with Crippen LogP contribution in [-0.2, 0) is 12.8 Å². The molecule has 5 heteroatoms. The Kier molecular flexibility index (Phi) is 4.55. The fourth-order valence-electron chi connectivity index (χ4n) is 2.84. The summed E-state index contributed by atoms with van der Waals surface area (Å²) in [5, 5.41) is 3.80. The molecule has 23 heavy (non-hydrogen) atoms. The van der Waals surface area contributed by atoms with Gasteiger partial charge in [0.15, 0.2) is 0 Å². The third kappa shape index (κ3) is 2.92. The van der Waals surface area contributed by atoms with Crippen molar-refractivity contribution in [3.8, 4) is 5.69 Å². The number of nitrogens with two attached hydrogens (primary N) is 1. The van der Waals surface area contributed by atoms with E-state index in [9.17, 15) is 0 Å². The molecule has 0 saturated heterocycles. The van der Waals surface area contributed by atoms with Crippen LogP contribution in [0.25, 0.3) is 16.7 Å². The lowest BCUT2D eigenvalue weighted by Gasteiger charge is -2.10. The summed E-state index contributed by atoms with van der Waals surface area (Å²) in [5.74, 6) is 1.02. The molecule has 0 aliphatic carbocycles. The molecule has 0 unspecified atom stereocenters. The molecule has 1 aromatic heterocycles. The number of anilines is 1. The van der Waals surface area contributed by atoms with E-state index in [-0.39, 0.29) is 0 Å². The summed E-state index contributed by atoms with van der Waals surface area (Å²) in [6, 6.07) is 12.4. The molecule has 0 fully saturated rings. The van der Waals surface area contributed by atoms with E-state index >= 15 is 0 Å². The molecular weight excluding hydrogens is 308 g/mol. The molecule has 0 spiro atoms. The second-order valence-corrected chi connectivity index (χ2v) is 5.90. The maximum Gasteiger partial charge on any atom is 0.114 e. The fourth-order valence-corrected chi connectivity index (χ4v) is 3.10.